The van der Waals surface area contributed by atoms with Crippen molar-refractivity contribution in [2.45, 2.75) is 6.42 Å². The molecule has 0 saturated heterocycles. The summed E-state index contributed by atoms with van der Waals surface area (Å²) in [5, 5.41) is 2.62. The number of hydrogen-bond acceptors (Lipinski definition) is 3. The van der Waals surface area contributed by atoms with Gasteiger partial charge in [0.1, 0.15) is 5.82 Å². The molecule has 1 rings (SSSR count). The van der Waals surface area contributed by atoms with Crippen LogP contribution in [0.4, 0.5) is 10.1 Å². The van der Waals surface area contributed by atoms with E-state index < -0.39 is 5.82 Å². The van der Waals surface area contributed by atoms with Crippen LogP contribution in [-0.2, 0) is 4.74 Å². The maximum absolute atomic E-state index is 13.0. The predicted molar refractivity (Wildman–Crippen MR) is 68.8 cm³/mol. The molecule has 1 aromatic carbocycles. The van der Waals surface area contributed by atoms with Gasteiger partial charge in [0.25, 0.3) is 5.91 Å². The number of ether oxygens (including phenoxy) is 1. The van der Waals surface area contributed by atoms with E-state index in [-0.39, 0.29) is 17.2 Å². The van der Waals surface area contributed by atoms with Crippen molar-refractivity contribution in [1.29, 1.82) is 0 Å². The van der Waals surface area contributed by atoms with Crippen molar-refractivity contribution in [1.82, 2.24) is 5.32 Å². The normalized spacial score (nSPS) is 10.1. The molecule has 0 aliphatic carbocycles. The van der Waals surface area contributed by atoms with Crippen LogP contribution in [0.2, 0.25) is 0 Å². The molecule has 0 saturated carbocycles. The predicted octanol–water partition coefficient (Wildman–Crippen LogP) is 1.73. The molecule has 18 heavy (non-hydrogen) atoms. The first kappa shape index (κ1) is 14.2. The summed E-state index contributed by atoms with van der Waals surface area (Å²) in [5.74, 6) is -0.893. The molecule has 4 nitrogen and oxygen atoms in total. The van der Waals surface area contributed by atoms with Crippen LogP contribution in [0.3, 0.4) is 0 Å². The summed E-state index contributed by atoms with van der Waals surface area (Å²) in [6.45, 7) is 4.92. The Labute approximate surface area is 106 Å². The van der Waals surface area contributed by atoms with Gasteiger partial charge in [-0.05, 0) is 24.6 Å². The maximum Gasteiger partial charge on any atom is 0.251 e. The third-order valence-electron chi connectivity index (χ3n) is 2.18. The molecule has 0 aliphatic heterocycles. The number of carbonyl (C=O) groups is 1. The van der Waals surface area contributed by atoms with E-state index in [1.54, 1.807) is 6.08 Å². The third-order valence-corrected chi connectivity index (χ3v) is 2.18. The summed E-state index contributed by atoms with van der Waals surface area (Å²) >= 11 is 0. The molecule has 0 aromatic heterocycles. The number of anilines is 1. The first-order valence-corrected chi connectivity index (χ1v) is 5.66. The second-order valence-corrected chi connectivity index (χ2v) is 3.72. The van der Waals surface area contributed by atoms with Crippen molar-refractivity contribution in [2.24, 2.45) is 0 Å². The minimum absolute atomic E-state index is 0.207. The zero-order chi connectivity index (χ0) is 13.4. The quantitative estimate of drug-likeness (QED) is 0.441. The molecule has 0 aliphatic rings. The van der Waals surface area contributed by atoms with E-state index in [1.165, 1.54) is 6.07 Å². The topological polar surface area (TPSA) is 64.3 Å². The summed E-state index contributed by atoms with van der Waals surface area (Å²) in [7, 11) is 0. The Bertz CT molecular complexity index is 401. The lowest BCUT2D eigenvalue weighted by Crippen LogP contribution is -2.27. The van der Waals surface area contributed by atoms with Crippen LogP contribution in [0, 0.1) is 5.82 Å². The lowest BCUT2D eigenvalue weighted by atomic mass is 10.2. The van der Waals surface area contributed by atoms with Crippen molar-refractivity contribution in [2.75, 3.05) is 25.5 Å². The molecule has 5 heteroatoms. The van der Waals surface area contributed by atoms with Gasteiger partial charge in [-0.25, -0.2) is 4.39 Å². The highest BCUT2D eigenvalue weighted by Crippen LogP contribution is 2.10. The van der Waals surface area contributed by atoms with E-state index in [1.807, 2.05) is 0 Å². The van der Waals surface area contributed by atoms with Gasteiger partial charge in [-0.2, -0.15) is 0 Å². The largest absolute Gasteiger partial charge is 0.399 e. The standard InChI is InChI=1S/C13H17FN2O2/c1-2-3-5-18-6-4-16-13(17)10-7-11(14)9-12(15)8-10/h2,7-9H,1,3-6,15H2,(H,16,17). The van der Waals surface area contributed by atoms with Gasteiger partial charge in [0, 0.05) is 17.8 Å². The fraction of sp³-hybridized carbons (Fsp3) is 0.308. The van der Waals surface area contributed by atoms with Gasteiger partial charge in [0.15, 0.2) is 0 Å². The molecule has 0 radical (unpaired) electrons. The second kappa shape index (κ2) is 7.45. The molecule has 3 N–H and O–H groups in total. The SMILES string of the molecule is C=CCCOCCNC(=O)c1cc(N)cc(F)c1. The summed E-state index contributed by atoms with van der Waals surface area (Å²) in [5.41, 5.74) is 5.88. The number of amides is 1. The van der Waals surface area contributed by atoms with Crippen molar-refractivity contribution < 1.29 is 13.9 Å². The molecule has 0 fully saturated rings. The number of halogens is 1. The summed E-state index contributed by atoms with van der Waals surface area (Å²) in [4.78, 5) is 11.6. The Hall–Kier alpha value is -1.88. The summed E-state index contributed by atoms with van der Waals surface area (Å²) < 4.78 is 18.2. The highest BCUT2D eigenvalue weighted by molar-refractivity contribution is 5.95. The smallest absolute Gasteiger partial charge is 0.251 e. The highest BCUT2D eigenvalue weighted by Gasteiger charge is 2.07. The average Bonchev–Trinajstić information content (AvgIpc) is 2.32. The molecule has 1 aromatic rings. The summed E-state index contributed by atoms with van der Waals surface area (Å²) in [6, 6.07) is 3.73. The van der Waals surface area contributed by atoms with E-state index >= 15 is 0 Å². The molecular weight excluding hydrogens is 235 g/mol. The molecule has 1 amide bonds. The number of rotatable bonds is 7. The Morgan fingerprint density at radius 2 is 2.22 bits per heavy atom. The Kier molecular flexibility index (Phi) is 5.87. The van der Waals surface area contributed by atoms with E-state index in [0.717, 1.165) is 18.6 Å². The highest BCUT2D eigenvalue weighted by atomic mass is 19.1. The fourth-order valence-corrected chi connectivity index (χ4v) is 1.35. The van der Waals surface area contributed by atoms with Gasteiger partial charge in [0.2, 0.25) is 0 Å². The Balaban J connectivity index is 2.34. The van der Waals surface area contributed by atoms with Crippen LogP contribution < -0.4 is 11.1 Å². The lowest BCUT2D eigenvalue weighted by molar-refractivity contribution is 0.0917. The minimum atomic E-state index is -0.526. The molecule has 0 bridgehead atoms. The number of nitrogens with two attached hydrogens (primary N) is 1. The van der Waals surface area contributed by atoms with Gasteiger partial charge in [-0.15, -0.1) is 6.58 Å². The summed E-state index contributed by atoms with van der Waals surface area (Å²) in [6.07, 6.45) is 2.53. The van der Waals surface area contributed by atoms with Gasteiger partial charge in [0.05, 0.1) is 13.2 Å². The van der Waals surface area contributed by atoms with E-state index in [0.29, 0.717) is 19.8 Å². The number of carbonyl (C=O) groups excluding carboxylic acids is 1. The zero-order valence-corrected chi connectivity index (χ0v) is 10.1. The van der Waals surface area contributed by atoms with Crippen LogP contribution in [-0.4, -0.2) is 25.7 Å². The molecule has 0 unspecified atom stereocenters. The Morgan fingerprint density at radius 1 is 1.44 bits per heavy atom. The van der Waals surface area contributed by atoms with Gasteiger partial charge in [-0.1, -0.05) is 6.08 Å². The molecule has 0 atom stereocenters. The number of nitrogen functional groups attached to an aromatic ring is 1. The van der Waals surface area contributed by atoms with Gasteiger partial charge >= 0.3 is 0 Å². The number of nitrogens with one attached hydrogen (secondary N) is 1. The zero-order valence-electron chi connectivity index (χ0n) is 10.1. The van der Waals surface area contributed by atoms with Gasteiger partial charge in [-0.3, -0.25) is 4.79 Å². The van der Waals surface area contributed by atoms with Crippen LogP contribution in [0.5, 0.6) is 0 Å². The van der Waals surface area contributed by atoms with Crippen molar-refractivity contribution in [3.63, 3.8) is 0 Å². The number of benzene rings is 1. The van der Waals surface area contributed by atoms with Crippen molar-refractivity contribution >= 4 is 11.6 Å². The molecular formula is C13H17FN2O2. The fourth-order valence-electron chi connectivity index (χ4n) is 1.35. The molecule has 0 spiro atoms. The Morgan fingerprint density at radius 3 is 2.89 bits per heavy atom. The maximum atomic E-state index is 13.0. The first-order valence-electron chi connectivity index (χ1n) is 5.66. The molecule has 0 heterocycles. The second-order valence-electron chi connectivity index (χ2n) is 3.72. The van der Waals surface area contributed by atoms with Gasteiger partial charge < -0.3 is 15.8 Å². The monoisotopic (exact) mass is 252 g/mol. The van der Waals surface area contributed by atoms with E-state index in [2.05, 4.69) is 11.9 Å². The first-order chi connectivity index (χ1) is 8.63. The van der Waals surface area contributed by atoms with Crippen LogP contribution in [0.1, 0.15) is 16.8 Å². The number of hydrogen-bond donors (Lipinski definition) is 2. The van der Waals surface area contributed by atoms with Crippen molar-refractivity contribution in [3.05, 3.63) is 42.2 Å². The van der Waals surface area contributed by atoms with Crippen LogP contribution >= 0.6 is 0 Å². The lowest BCUT2D eigenvalue weighted by Gasteiger charge is -2.06. The minimum Gasteiger partial charge on any atom is -0.399 e. The van der Waals surface area contributed by atoms with Crippen LogP contribution in [0.25, 0.3) is 0 Å². The van der Waals surface area contributed by atoms with Crippen molar-refractivity contribution in [3.8, 4) is 0 Å². The molecule has 98 valence electrons. The third kappa shape index (κ3) is 4.97. The van der Waals surface area contributed by atoms with E-state index in [9.17, 15) is 9.18 Å². The van der Waals surface area contributed by atoms with E-state index in [4.69, 9.17) is 10.5 Å². The average molecular weight is 252 g/mol. The van der Waals surface area contributed by atoms with Crippen LogP contribution in [0.15, 0.2) is 30.9 Å².